The average Bonchev–Trinajstić information content (AvgIpc) is 3.53. The van der Waals surface area contributed by atoms with Crippen molar-refractivity contribution in [3.63, 3.8) is 0 Å². The molecule has 1 saturated heterocycles. The lowest BCUT2D eigenvalue weighted by molar-refractivity contribution is 0.0835. The lowest BCUT2D eigenvalue weighted by Crippen LogP contribution is -2.28. The molecule has 0 bridgehead atoms. The van der Waals surface area contributed by atoms with Crippen LogP contribution in [0.2, 0.25) is 0 Å². The first-order valence-corrected chi connectivity index (χ1v) is 10.1. The molecule has 5 rings (SSSR count). The van der Waals surface area contributed by atoms with Gasteiger partial charge in [-0.1, -0.05) is 5.16 Å². The summed E-state index contributed by atoms with van der Waals surface area (Å²) >= 11 is 0. The smallest absolute Gasteiger partial charge is 0.278 e. The number of methoxy groups -OCH3 is 1. The highest BCUT2D eigenvalue weighted by atomic mass is 19.1. The third kappa shape index (κ3) is 2.99. The van der Waals surface area contributed by atoms with Crippen LogP contribution < -0.4 is 5.56 Å². The number of hydrogen-bond acceptors (Lipinski definition) is 8. The van der Waals surface area contributed by atoms with E-state index >= 15 is 0 Å². The summed E-state index contributed by atoms with van der Waals surface area (Å²) < 4.78 is 33.5. The molecule has 2 atom stereocenters. The van der Waals surface area contributed by atoms with Crippen LogP contribution in [-0.2, 0) is 9.47 Å². The number of halogens is 1. The number of imidazole rings is 1. The van der Waals surface area contributed by atoms with E-state index in [2.05, 4.69) is 15.1 Å². The normalized spacial score (nSPS) is 17.2. The molecule has 0 amide bonds. The van der Waals surface area contributed by atoms with Crippen molar-refractivity contribution in [2.24, 2.45) is 0 Å². The van der Waals surface area contributed by atoms with Crippen molar-refractivity contribution in [2.45, 2.75) is 31.9 Å². The molecule has 32 heavy (non-hydrogen) atoms. The van der Waals surface area contributed by atoms with Gasteiger partial charge < -0.3 is 14.0 Å². The zero-order valence-corrected chi connectivity index (χ0v) is 17.4. The number of rotatable bonds is 5. The third-order valence-corrected chi connectivity index (χ3v) is 5.61. The molecular weight excluding hydrogens is 419 g/mol. The van der Waals surface area contributed by atoms with E-state index in [0.717, 1.165) is 12.8 Å². The Balaban J connectivity index is 1.80. The monoisotopic (exact) mass is 438 g/mol. The Morgan fingerprint density at radius 1 is 1.41 bits per heavy atom. The highest BCUT2D eigenvalue weighted by molar-refractivity contribution is 5.87. The Morgan fingerprint density at radius 2 is 2.25 bits per heavy atom. The van der Waals surface area contributed by atoms with Crippen LogP contribution in [0.3, 0.4) is 0 Å². The summed E-state index contributed by atoms with van der Waals surface area (Å²) in [6, 6.07) is 4.10. The Hall–Kier alpha value is -3.62. The van der Waals surface area contributed by atoms with E-state index in [1.54, 1.807) is 6.92 Å². The molecule has 3 aromatic heterocycles. The quantitative estimate of drug-likeness (QED) is 0.466. The molecule has 1 aromatic carbocycles. The summed E-state index contributed by atoms with van der Waals surface area (Å²) in [5.41, 5.74) is 0.343. The molecule has 4 aromatic rings. The predicted molar refractivity (Wildman–Crippen MR) is 109 cm³/mol. The molecule has 4 heterocycles. The van der Waals surface area contributed by atoms with E-state index < -0.39 is 17.4 Å². The molecular formula is C21H19FN6O4. The number of nitrogens with zero attached hydrogens (tertiary/aromatic N) is 6. The second-order valence-electron chi connectivity index (χ2n) is 7.65. The lowest BCUT2D eigenvalue weighted by Gasteiger charge is -2.19. The molecule has 0 radical (unpaired) electrons. The lowest BCUT2D eigenvalue weighted by atomic mass is 10.1. The van der Waals surface area contributed by atoms with Crippen molar-refractivity contribution >= 4 is 16.6 Å². The van der Waals surface area contributed by atoms with Crippen molar-refractivity contribution in [3.8, 4) is 17.6 Å². The van der Waals surface area contributed by atoms with Crippen molar-refractivity contribution in [3.05, 3.63) is 46.1 Å². The third-order valence-electron chi connectivity index (χ3n) is 5.61. The Bertz CT molecular complexity index is 1430. The van der Waals surface area contributed by atoms with Gasteiger partial charge in [-0.3, -0.25) is 13.8 Å². The van der Waals surface area contributed by atoms with Crippen molar-refractivity contribution in [1.82, 2.24) is 24.1 Å². The van der Waals surface area contributed by atoms with Crippen LogP contribution >= 0.6 is 0 Å². The van der Waals surface area contributed by atoms with E-state index in [0.29, 0.717) is 18.0 Å². The first-order valence-electron chi connectivity index (χ1n) is 10.1. The standard InChI is InChI=1S/C21H19FN6O4/c1-11(9-30-2)28-17-12(8-23)13(22)5-6-14(17)27-10-24-16(18(27)21(28)29)19-25-20(32-26-19)15-4-3-7-31-15/h5-6,10-11,15H,3-4,7,9H2,1-2H3. The molecule has 11 heteroatoms. The van der Waals surface area contributed by atoms with E-state index in [1.807, 2.05) is 6.07 Å². The van der Waals surface area contributed by atoms with Gasteiger partial charge >= 0.3 is 0 Å². The molecule has 0 spiro atoms. The van der Waals surface area contributed by atoms with E-state index in [4.69, 9.17) is 14.0 Å². The van der Waals surface area contributed by atoms with E-state index in [1.165, 1.54) is 34.5 Å². The van der Waals surface area contributed by atoms with Gasteiger partial charge in [0, 0.05) is 13.7 Å². The van der Waals surface area contributed by atoms with Crippen LogP contribution in [0, 0.1) is 17.1 Å². The number of ether oxygens (including phenoxy) is 2. The largest absolute Gasteiger partial charge is 0.383 e. The summed E-state index contributed by atoms with van der Waals surface area (Å²) in [5.74, 6) is -0.221. The molecule has 0 N–H and O–H groups in total. The van der Waals surface area contributed by atoms with E-state index in [-0.39, 0.29) is 40.8 Å². The van der Waals surface area contributed by atoms with Gasteiger partial charge in [0.2, 0.25) is 5.82 Å². The Morgan fingerprint density at radius 3 is 2.97 bits per heavy atom. The molecule has 164 valence electrons. The summed E-state index contributed by atoms with van der Waals surface area (Å²) in [6.45, 7) is 2.57. The topological polar surface area (TPSA) is 120 Å². The maximum atomic E-state index is 14.5. The molecule has 1 aliphatic rings. The summed E-state index contributed by atoms with van der Waals surface area (Å²) in [7, 11) is 1.50. The average molecular weight is 438 g/mol. The van der Waals surface area contributed by atoms with Gasteiger partial charge in [-0.25, -0.2) is 9.37 Å². The number of aromatic nitrogens is 5. The van der Waals surface area contributed by atoms with Crippen LogP contribution in [0.25, 0.3) is 28.1 Å². The molecule has 2 unspecified atom stereocenters. The fourth-order valence-corrected chi connectivity index (χ4v) is 4.19. The second kappa shape index (κ2) is 7.81. The van der Waals surface area contributed by atoms with Gasteiger partial charge in [-0.15, -0.1) is 0 Å². The molecule has 0 aliphatic carbocycles. The molecule has 1 fully saturated rings. The summed E-state index contributed by atoms with van der Waals surface area (Å²) in [4.78, 5) is 22.4. The fraction of sp³-hybridized carbons (Fsp3) is 0.381. The highest BCUT2D eigenvalue weighted by Gasteiger charge is 2.28. The maximum Gasteiger partial charge on any atom is 0.278 e. The van der Waals surface area contributed by atoms with Crippen LogP contribution in [0.5, 0.6) is 0 Å². The Labute approximate surface area is 180 Å². The van der Waals surface area contributed by atoms with Gasteiger partial charge in [-0.2, -0.15) is 10.2 Å². The molecule has 0 saturated carbocycles. The highest BCUT2D eigenvalue weighted by Crippen LogP contribution is 2.30. The fourth-order valence-electron chi connectivity index (χ4n) is 4.19. The first-order chi connectivity index (χ1) is 15.5. The minimum atomic E-state index is -0.711. The van der Waals surface area contributed by atoms with Gasteiger partial charge in [0.1, 0.15) is 41.1 Å². The van der Waals surface area contributed by atoms with Gasteiger partial charge in [-0.05, 0) is 31.9 Å². The maximum absolute atomic E-state index is 14.5. The van der Waals surface area contributed by atoms with Crippen molar-refractivity contribution < 1.29 is 18.4 Å². The van der Waals surface area contributed by atoms with Crippen LogP contribution in [-0.4, -0.2) is 44.4 Å². The summed E-state index contributed by atoms with van der Waals surface area (Å²) in [5, 5.41) is 13.6. The number of hydrogen-bond donors (Lipinski definition) is 0. The number of benzene rings is 1. The predicted octanol–water partition coefficient (Wildman–Crippen LogP) is 2.77. The van der Waals surface area contributed by atoms with Gasteiger partial charge in [0.05, 0.1) is 23.7 Å². The zero-order chi connectivity index (χ0) is 22.4. The van der Waals surface area contributed by atoms with Crippen molar-refractivity contribution in [2.75, 3.05) is 20.3 Å². The minimum absolute atomic E-state index is 0.156. The number of fused-ring (bicyclic) bond motifs is 3. The second-order valence-corrected chi connectivity index (χ2v) is 7.65. The van der Waals surface area contributed by atoms with Gasteiger partial charge in [0.25, 0.3) is 11.4 Å². The molecule has 1 aliphatic heterocycles. The first kappa shape index (κ1) is 20.3. The minimum Gasteiger partial charge on any atom is -0.383 e. The van der Waals surface area contributed by atoms with Crippen LogP contribution in [0.15, 0.2) is 27.8 Å². The van der Waals surface area contributed by atoms with Crippen LogP contribution in [0.1, 0.15) is 43.4 Å². The van der Waals surface area contributed by atoms with Crippen molar-refractivity contribution in [1.29, 1.82) is 5.26 Å². The van der Waals surface area contributed by atoms with Crippen LogP contribution in [0.4, 0.5) is 4.39 Å². The Kier molecular flexibility index (Phi) is 4.96. The zero-order valence-electron chi connectivity index (χ0n) is 17.4. The molecule has 10 nitrogen and oxygen atoms in total. The van der Waals surface area contributed by atoms with E-state index in [9.17, 15) is 14.4 Å². The number of nitriles is 1. The SMILES string of the molecule is COCC(C)n1c(=O)c2c(-c3noc(C4CCCO4)n3)ncn2c2ccc(F)c(C#N)c21. The summed E-state index contributed by atoms with van der Waals surface area (Å²) in [6.07, 6.45) is 2.84. The van der Waals surface area contributed by atoms with Gasteiger partial charge in [0.15, 0.2) is 0 Å².